The molecule has 5 nitrogen and oxygen atoms in total. The molecule has 2 heterocycles. The molecular formula is C10H18N2O3. The molecule has 0 aromatic carbocycles. The number of likely N-dealkylation sites (tertiary alicyclic amines) is 1. The first-order valence-electron chi connectivity index (χ1n) is 5.48. The summed E-state index contributed by atoms with van der Waals surface area (Å²) in [6, 6.07) is 0. The van der Waals surface area contributed by atoms with E-state index in [1.165, 1.54) is 0 Å². The highest BCUT2D eigenvalue weighted by Crippen LogP contribution is 2.28. The second kappa shape index (κ2) is 4.08. The normalized spacial score (nSPS) is 27.3. The molecule has 0 saturated carbocycles. The molecule has 2 fully saturated rings. The molecule has 0 aliphatic carbocycles. The van der Waals surface area contributed by atoms with Crippen molar-refractivity contribution in [1.82, 2.24) is 10.2 Å². The van der Waals surface area contributed by atoms with Crippen molar-refractivity contribution in [3.8, 4) is 0 Å². The Morgan fingerprint density at radius 3 is 2.40 bits per heavy atom. The minimum absolute atomic E-state index is 0.189. The summed E-state index contributed by atoms with van der Waals surface area (Å²) in [6.45, 7) is 3.15. The Hall–Kier alpha value is -0.650. The molecule has 2 aliphatic heterocycles. The van der Waals surface area contributed by atoms with Crippen LogP contribution in [0.3, 0.4) is 0 Å². The minimum Gasteiger partial charge on any atom is -0.481 e. The third kappa shape index (κ3) is 2.14. The molecule has 86 valence electrons. The van der Waals surface area contributed by atoms with Crippen LogP contribution in [0.4, 0.5) is 0 Å². The van der Waals surface area contributed by atoms with E-state index < -0.39 is 5.97 Å². The molecule has 0 radical (unpaired) electrons. The first kappa shape index (κ1) is 10.9. The molecule has 0 atom stereocenters. The summed E-state index contributed by atoms with van der Waals surface area (Å²) in [4.78, 5) is 13.0. The van der Waals surface area contributed by atoms with Crippen LogP contribution in [0.1, 0.15) is 19.3 Å². The molecule has 0 bridgehead atoms. The zero-order chi connectivity index (χ0) is 10.9. The van der Waals surface area contributed by atoms with Crippen molar-refractivity contribution in [2.75, 3.05) is 26.2 Å². The molecule has 0 aromatic rings. The number of hydrogen-bond donors (Lipinski definition) is 3. The molecule has 0 aromatic heterocycles. The van der Waals surface area contributed by atoms with Crippen molar-refractivity contribution < 1.29 is 15.0 Å². The van der Waals surface area contributed by atoms with Crippen molar-refractivity contribution >= 4 is 5.97 Å². The van der Waals surface area contributed by atoms with Crippen LogP contribution >= 0.6 is 0 Å². The smallest absolute Gasteiger partial charge is 0.305 e. The Bertz CT molecular complexity index is 245. The lowest BCUT2D eigenvalue weighted by atomic mass is 9.84. The maximum Gasteiger partial charge on any atom is 0.305 e. The van der Waals surface area contributed by atoms with Gasteiger partial charge in [-0.25, -0.2) is 0 Å². The van der Waals surface area contributed by atoms with E-state index in [9.17, 15) is 9.90 Å². The fourth-order valence-corrected chi connectivity index (χ4v) is 2.50. The van der Waals surface area contributed by atoms with Crippen LogP contribution in [-0.4, -0.2) is 58.9 Å². The molecule has 3 N–H and O–H groups in total. The highest BCUT2D eigenvalue weighted by Gasteiger charge is 2.44. The van der Waals surface area contributed by atoms with Gasteiger partial charge in [0.1, 0.15) is 0 Å². The molecule has 5 heteroatoms. The largest absolute Gasteiger partial charge is 0.481 e. The van der Waals surface area contributed by atoms with Crippen molar-refractivity contribution in [2.45, 2.75) is 30.9 Å². The van der Waals surface area contributed by atoms with E-state index in [0.717, 1.165) is 39.0 Å². The van der Waals surface area contributed by atoms with Crippen LogP contribution in [0.5, 0.6) is 0 Å². The molecule has 0 unspecified atom stereocenters. The number of aliphatic hydroxyl groups excluding tert-OH is 1. The van der Waals surface area contributed by atoms with Crippen molar-refractivity contribution in [2.24, 2.45) is 0 Å². The Morgan fingerprint density at radius 1 is 1.40 bits per heavy atom. The molecule has 2 saturated heterocycles. The Morgan fingerprint density at radius 2 is 2.00 bits per heavy atom. The molecule has 15 heavy (non-hydrogen) atoms. The van der Waals surface area contributed by atoms with E-state index >= 15 is 0 Å². The van der Waals surface area contributed by atoms with Gasteiger partial charge in [-0.05, 0) is 12.8 Å². The number of carbonyl (C=O) groups is 1. The van der Waals surface area contributed by atoms with Gasteiger partial charge >= 0.3 is 5.97 Å². The van der Waals surface area contributed by atoms with Gasteiger partial charge in [0.2, 0.25) is 0 Å². The Balaban J connectivity index is 1.97. The second-order valence-corrected chi connectivity index (χ2v) is 4.62. The standard InChI is InChI=1S/C10H18N2O3/c13-8-1-3-12(4-2-8)10(5-9(14)15)6-11-7-10/h8,11,13H,1-7H2,(H,14,15). The minimum atomic E-state index is -0.734. The third-order valence-corrected chi connectivity index (χ3v) is 3.52. The van der Waals surface area contributed by atoms with Gasteiger partial charge in [-0.2, -0.15) is 0 Å². The fourth-order valence-electron chi connectivity index (χ4n) is 2.50. The summed E-state index contributed by atoms with van der Waals surface area (Å²) in [5.74, 6) is -0.734. The zero-order valence-electron chi connectivity index (χ0n) is 8.78. The Kier molecular flexibility index (Phi) is 2.95. The maximum absolute atomic E-state index is 10.8. The van der Waals surface area contributed by atoms with Gasteiger partial charge in [-0.3, -0.25) is 9.69 Å². The van der Waals surface area contributed by atoms with Crippen molar-refractivity contribution in [1.29, 1.82) is 0 Å². The van der Waals surface area contributed by atoms with E-state index in [4.69, 9.17) is 5.11 Å². The zero-order valence-corrected chi connectivity index (χ0v) is 8.78. The number of nitrogens with one attached hydrogen (secondary N) is 1. The summed E-state index contributed by atoms with van der Waals surface area (Å²) in [7, 11) is 0. The van der Waals surface area contributed by atoms with Crippen molar-refractivity contribution in [3.05, 3.63) is 0 Å². The summed E-state index contributed by atoms with van der Waals surface area (Å²) in [5, 5.41) is 21.4. The number of piperidine rings is 1. The number of rotatable bonds is 3. The second-order valence-electron chi connectivity index (χ2n) is 4.62. The Labute approximate surface area is 89.1 Å². The monoisotopic (exact) mass is 214 g/mol. The molecular weight excluding hydrogens is 196 g/mol. The summed E-state index contributed by atoms with van der Waals surface area (Å²) in [6.07, 6.45) is 1.54. The lowest BCUT2D eigenvalue weighted by molar-refractivity contribution is -0.142. The first-order chi connectivity index (χ1) is 7.12. The predicted molar refractivity (Wildman–Crippen MR) is 54.7 cm³/mol. The summed E-state index contributed by atoms with van der Waals surface area (Å²) in [5.41, 5.74) is -0.189. The molecule has 2 rings (SSSR count). The molecule has 2 aliphatic rings. The fraction of sp³-hybridized carbons (Fsp3) is 0.900. The van der Waals surface area contributed by atoms with Crippen LogP contribution in [0.25, 0.3) is 0 Å². The maximum atomic E-state index is 10.8. The van der Waals surface area contributed by atoms with Crippen molar-refractivity contribution in [3.63, 3.8) is 0 Å². The topological polar surface area (TPSA) is 72.8 Å². The summed E-state index contributed by atoms with van der Waals surface area (Å²) < 4.78 is 0. The quantitative estimate of drug-likeness (QED) is 0.577. The average molecular weight is 214 g/mol. The van der Waals surface area contributed by atoms with Gasteiger partial charge in [0.05, 0.1) is 18.1 Å². The van der Waals surface area contributed by atoms with E-state index in [0.29, 0.717) is 0 Å². The van der Waals surface area contributed by atoms with E-state index in [-0.39, 0.29) is 18.1 Å². The van der Waals surface area contributed by atoms with E-state index in [1.807, 2.05) is 0 Å². The van der Waals surface area contributed by atoms with Gasteiger partial charge in [-0.15, -0.1) is 0 Å². The van der Waals surface area contributed by atoms with Crippen LogP contribution in [0.2, 0.25) is 0 Å². The first-order valence-corrected chi connectivity index (χ1v) is 5.48. The number of nitrogens with zero attached hydrogens (tertiary/aromatic N) is 1. The van der Waals surface area contributed by atoms with Crippen LogP contribution in [0, 0.1) is 0 Å². The number of hydrogen-bond acceptors (Lipinski definition) is 4. The summed E-state index contributed by atoms with van der Waals surface area (Å²) >= 11 is 0. The van der Waals surface area contributed by atoms with Gasteiger partial charge in [0.25, 0.3) is 0 Å². The number of aliphatic hydroxyl groups is 1. The average Bonchev–Trinajstić information content (AvgIpc) is 2.13. The molecule has 0 amide bonds. The SMILES string of the molecule is O=C(O)CC1(N2CCC(O)CC2)CNC1. The van der Waals surface area contributed by atoms with E-state index in [1.54, 1.807) is 0 Å². The van der Waals surface area contributed by atoms with Gasteiger partial charge in [0, 0.05) is 26.2 Å². The van der Waals surface area contributed by atoms with Crippen LogP contribution < -0.4 is 5.32 Å². The van der Waals surface area contributed by atoms with Gasteiger partial charge in [-0.1, -0.05) is 0 Å². The van der Waals surface area contributed by atoms with Gasteiger partial charge < -0.3 is 15.5 Å². The lowest BCUT2D eigenvalue weighted by Gasteiger charge is -2.51. The van der Waals surface area contributed by atoms with E-state index in [2.05, 4.69) is 10.2 Å². The number of aliphatic carboxylic acids is 1. The highest BCUT2D eigenvalue weighted by molar-refractivity contribution is 5.68. The predicted octanol–water partition coefficient (Wildman–Crippen LogP) is -0.740. The lowest BCUT2D eigenvalue weighted by Crippen LogP contribution is -2.70. The van der Waals surface area contributed by atoms with Crippen LogP contribution in [0.15, 0.2) is 0 Å². The number of carboxylic acid groups (broad SMARTS) is 1. The third-order valence-electron chi connectivity index (χ3n) is 3.52. The number of carboxylic acids is 1. The highest BCUT2D eigenvalue weighted by atomic mass is 16.4. The van der Waals surface area contributed by atoms with Crippen LogP contribution in [-0.2, 0) is 4.79 Å². The van der Waals surface area contributed by atoms with Gasteiger partial charge in [0.15, 0.2) is 0 Å². The molecule has 0 spiro atoms.